The van der Waals surface area contributed by atoms with E-state index in [2.05, 4.69) is 27.5 Å². The van der Waals surface area contributed by atoms with E-state index in [0.29, 0.717) is 17.5 Å². The summed E-state index contributed by atoms with van der Waals surface area (Å²) in [7, 11) is 0. The third kappa shape index (κ3) is 4.30. The number of halogens is 1. The van der Waals surface area contributed by atoms with E-state index in [-0.39, 0.29) is 11.7 Å². The maximum atomic E-state index is 13.5. The third-order valence-electron chi connectivity index (χ3n) is 6.59. The highest BCUT2D eigenvalue weighted by Gasteiger charge is 2.25. The van der Waals surface area contributed by atoms with Gasteiger partial charge in [0.1, 0.15) is 5.15 Å². The first-order chi connectivity index (χ1) is 16.7. The lowest BCUT2D eigenvalue weighted by atomic mass is 9.95. The molecule has 1 aromatic carbocycles. The molecule has 8 nitrogen and oxygen atoms in total. The molecule has 0 radical (unpaired) electrons. The number of nitrogens with zero attached hydrogens (tertiary/aromatic N) is 6. The highest BCUT2D eigenvalue weighted by molar-refractivity contribution is 6.30. The van der Waals surface area contributed by atoms with Crippen LogP contribution in [0.15, 0.2) is 47.4 Å². The summed E-state index contributed by atoms with van der Waals surface area (Å²) in [6.45, 7) is 2.56. The average molecular weight is 478 g/mol. The first-order valence-electron chi connectivity index (χ1n) is 11.9. The van der Waals surface area contributed by atoms with E-state index in [4.69, 9.17) is 16.6 Å². The molecule has 4 aromatic rings. The van der Waals surface area contributed by atoms with Crippen LogP contribution in [0.1, 0.15) is 62.7 Å². The van der Waals surface area contributed by atoms with Gasteiger partial charge in [0.2, 0.25) is 5.82 Å². The van der Waals surface area contributed by atoms with Crippen LogP contribution in [0, 0.1) is 0 Å². The molecule has 1 fully saturated rings. The molecule has 1 N–H and O–H groups in total. The van der Waals surface area contributed by atoms with Gasteiger partial charge >= 0.3 is 5.69 Å². The molecule has 0 bridgehead atoms. The van der Waals surface area contributed by atoms with Crippen LogP contribution >= 0.6 is 11.6 Å². The SMILES string of the molecule is CCCc1c(Cl)n(C2CCCCC2)c(=O)n1Cc1ccc(-c2ccccc2-c2nn[nH]n2)nc1. The maximum Gasteiger partial charge on any atom is 0.330 e. The van der Waals surface area contributed by atoms with Gasteiger partial charge in [0.15, 0.2) is 0 Å². The molecule has 5 rings (SSSR count). The lowest BCUT2D eigenvalue weighted by Crippen LogP contribution is -2.29. The van der Waals surface area contributed by atoms with E-state index in [0.717, 1.165) is 66.6 Å². The molecule has 0 atom stereocenters. The molecule has 9 heteroatoms. The van der Waals surface area contributed by atoms with Crippen molar-refractivity contribution in [1.82, 2.24) is 34.7 Å². The minimum atomic E-state index is -0.00752. The molecule has 1 saturated carbocycles. The van der Waals surface area contributed by atoms with Crippen molar-refractivity contribution in [3.8, 4) is 22.6 Å². The summed E-state index contributed by atoms with van der Waals surface area (Å²) in [6, 6.07) is 12.0. The normalized spacial score (nSPS) is 14.5. The van der Waals surface area contributed by atoms with Crippen LogP contribution in [0.4, 0.5) is 0 Å². The Bertz CT molecular complexity index is 1300. The number of hydrogen-bond donors (Lipinski definition) is 1. The standard InChI is InChI=1S/C25H28ClN7O/c1-2-8-22-23(26)33(18-9-4-3-5-10-18)25(34)32(22)16-17-13-14-21(27-15-17)19-11-6-7-12-20(19)24-28-30-31-29-24/h6-7,11-15,18H,2-5,8-10,16H2,1H3,(H,28,29,30,31). The fourth-order valence-electron chi connectivity index (χ4n) is 4.91. The monoisotopic (exact) mass is 477 g/mol. The Balaban J connectivity index is 1.46. The molecule has 3 aromatic heterocycles. The summed E-state index contributed by atoms with van der Waals surface area (Å²) in [6.07, 6.45) is 9.11. The zero-order valence-corrected chi connectivity index (χ0v) is 20.0. The molecule has 0 amide bonds. The highest BCUT2D eigenvalue weighted by atomic mass is 35.5. The van der Waals surface area contributed by atoms with E-state index in [1.54, 1.807) is 0 Å². The molecular weight excluding hydrogens is 450 g/mol. The number of hydrogen-bond acceptors (Lipinski definition) is 5. The van der Waals surface area contributed by atoms with Crippen molar-refractivity contribution in [3.05, 3.63) is 69.5 Å². The average Bonchev–Trinajstić information content (AvgIpc) is 3.49. The summed E-state index contributed by atoms with van der Waals surface area (Å²) in [5.41, 5.74) is 4.46. The number of imidazole rings is 1. The second kappa shape index (κ2) is 9.93. The Morgan fingerprint density at radius 3 is 2.56 bits per heavy atom. The predicted octanol–water partition coefficient (Wildman–Crippen LogP) is 5.05. The van der Waals surface area contributed by atoms with Gasteiger partial charge in [0.25, 0.3) is 0 Å². The number of rotatable bonds is 7. The van der Waals surface area contributed by atoms with Gasteiger partial charge in [-0.2, -0.15) is 5.21 Å². The molecule has 1 aliphatic rings. The summed E-state index contributed by atoms with van der Waals surface area (Å²) in [4.78, 5) is 18.2. The van der Waals surface area contributed by atoms with Gasteiger partial charge in [-0.15, -0.1) is 10.2 Å². The number of pyridine rings is 1. The van der Waals surface area contributed by atoms with Crippen LogP contribution in [0.5, 0.6) is 0 Å². The Morgan fingerprint density at radius 2 is 1.88 bits per heavy atom. The van der Waals surface area contributed by atoms with Crippen molar-refractivity contribution in [2.24, 2.45) is 0 Å². The molecule has 0 saturated heterocycles. The molecular formula is C25H28ClN7O. The first-order valence-corrected chi connectivity index (χ1v) is 12.3. The number of tetrazole rings is 1. The summed E-state index contributed by atoms with van der Waals surface area (Å²) < 4.78 is 3.68. The summed E-state index contributed by atoms with van der Waals surface area (Å²) >= 11 is 6.79. The lowest BCUT2D eigenvalue weighted by Gasteiger charge is -2.22. The van der Waals surface area contributed by atoms with Crippen molar-refractivity contribution in [2.75, 3.05) is 0 Å². The van der Waals surface area contributed by atoms with E-state index in [1.807, 2.05) is 51.7 Å². The largest absolute Gasteiger partial charge is 0.330 e. The van der Waals surface area contributed by atoms with Crippen molar-refractivity contribution < 1.29 is 0 Å². The molecule has 1 aliphatic carbocycles. The number of aromatic nitrogens is 7. The predicted molar refractivity (Wildman–Crippen MR) is 132 cm³/mol. The van der Waals surface area contributed by atoms with Crippen LogP contribution in [-0.4, -0.2) is 34.7 Å². The lowest BCUT2D eigenvalue weighted by molar-refractivity contribution is 0.344. The fraction of sp³-hybridized carbons (Fsp3) is 0.400. The molecule has 0 aliphatic heterocycles. The zero-order valence-electron chi connectivity index (χ0n) is 19.2. The van der Waals surface area contributed by atoms with Crippen molar-refractivity contribution in [3.63, 3.8) is 0 Å². The second-order valence-electron chi connectivity index (χ2n) is 8.85. The van der Waals surface area contributed by atoms with Gasteiger partial charge < -0.3 is 0 Å². The molecule has 0 unspecified atom stereocenters. The Labute approximate surface area is 203 Å². The number of H-pyrrole nitrogens is 1. The van der Waals surface area contributed by atoms with Crippen molar-refractivity contribution >= 4 is 11.6 Å². The minimum Gasteiger partial charge on any atom is -0.290 e. The van der Waals surface area contributed by atoms with Gasteiger partial charge in [0.05, 0.1) is 17.9 Å². The molecule has 0 spiro atoms. The Kier molecular flexibility index (Phi) is 6.58. The van der Waals surface area contributed by atoms with E-state index >= 15 is 0 Å². The van der Waals surface area contributed by atoms with Crippen LogP contribution < -0.4 is 5.69 Å². The summed E-state index contributed by atoms with van der Waals surface area (Å²) in [5.74, 6) is 0.524. The summed E-state index contributed by atoms with van der Waals surface area (Å²) in [5, 5.41) is 15.0. The first kappa shape index (κ1) is 22.5. The minimum absolute atomic E-state index is 0.00752. The van der Waals surface area contributed by atoms with E-state index < -0.39 is 0 Å². The van der Waals surface area contributed by atoms with Gasteiger partial charge in [0, 0.05) is 23.4 Å². The van der Waals surface area contributed by atoms with Crippen molar-refractivity contribution in [1.29, 1.82) is 0 Å². The number of aromatic amines is 1. The fourth-order valence-corrected chi connectivity index (χ4v) is 5.32. The van der Waals surface area contributed by atoms with Crippen LogP contribution in [0.2, 0.25) is 5.15 Å². The topological polar surface area (TPSA) is 94.3 Å². The Hall–Kier alpha value is -3.26. The van der Waals surface area contributed by atoms with Crippen LogP contribution in [0.3, 0.4) is 0 Å². The molecule has 176 valence electrons. The zero-order chi connectivity index (χ0) is 23.5. The van der Waals surface area contributed by atoms with Gasteiger partial charge in [-0.1, -0.05) is 74.5 Å². The van der Waals surface area contributed by atoms with Crippen molar-refractivity contribution in [2.45, 2.75) is 64.5 Å². The molecule has 34 heavy (non-hydrogen) atoms. The highest BCUT2D eigenvalue weighted by Crippen LogP contribution is 2.32. The number of nitrogens with one attached hydrogen (secondary N) is 1. The quantitative estimate of drug-likeness (QED) is 0.402. The van der Waals surface area contributed by atoms with E-state index in [1.165, 1.54) is 6.42 Å². The maximum absolute atomic E-state index is 13.5. The Morgan fingerprint density at radius 1 is 1.09 bits per heavy atom. The smallest absolute Gasteiger partial charge is 0.290 e. The van der Waals surface area contributed by atoms with Crippen LogP contribution in [-0.2, 0) is 13.0 Å². The second-order valence-corrected chi connectivity index (χ2v) is 9.21. The van der Waals surface area contributed by atoms with Crippen LogP contribution in [0.25, 0.3) is 22.6 Å². The third-order valence-corrected chi connectivity index (χ3v) is 6.99. The van der Waals surface area contributed by atoms with Gasteiger partial charge in [-0.25, -0.2) is 4.79 Å². The van der Waals surface area contributed by atoms with Gasteiger partial charge in [-0.3, -0.25) is 14.1 Å². The molecule has 3 heterocycles. The van der Waals surface area contributed by atoms with E-state index in [9.17, 15) is 4.79 Å². The van der Waals surface area contributed by atoms with Gasteiger partial charge in [-0.05, 0) is 36.1 Å². The number of benzene rings is 1.